The molecule has 0 amide bonds. The van der Waals surface area contributed by atoms with Crippen molar-refractivity contribution in [3.8, 4) is 11.5 Å². The Morgan fingerprint density at radius 3 is 2.65 bits per heavy atom. The van der Waals surface area contributed by atoms with E-state index in [2.05, 4.69) is 9.97 Å². The Bertz CT molecular complexity index is 613. The van der Waals surface area contributed by atoms with E-state index in [0.717, 1.165) is 11.1 Å². The third-order valence-corrected chi connectivity index (χ3v) is 2.83. The fourth-order valence-corrected chi connectivity index (χ4v) is 1.81. The van der Waals surface area contributed by atoms with Crippen molar-refractivity contribution in [3.05, 3.63) is 48.2 Å². The maximum absolute atomic E-state index is 5.74. The lowest BCUT2D eigenvalue weighted by atomic mass is 10.1. The molecule has 0 unspecified atom stereocenters. The Morgan fingerprint density at radius 1 is 1.12 bits per heavy atom. The van der Waals surface area contributed by atoms with E-state index in [1.54, 1.807) is 6.20 Å². The van der Waals surface area contributed by atoms with Crippen molar-refractivity contribution in [2.24, 2.45) is 0 Å². The Balaban J connectivity index is 2.07. The van der Waals surface area contributed by atoms with Crippen molar-refractivity contribution in [1.29, 1.82) is 0 Å². The fourth-order valence-electron chi connectivity index (χ4n) is 1.63. The van der Waals surface area contributed by atoms with E-state index in [1.165, 1.54) is 0 Å². The van der Waals surface area contributed by atoms with Crippen molar-refractivity contribution in [2.75, 3.05) is 0 Å². The number of pyridine rings is 1. The molecule has 0 aliphatic rings. The predicted octanol–water partition coefficient (Wildman–Crippen LogP) is 3.63. The summed E-state index contributed by atoms with van der Waals surface area (Å²) >= 11 is 5.74. The lowest BCUT2D eigenvalue weighted by Gasteiger charge is -1.96. The number of hydrogen-bond donors (Lipinski definition) is 0. The van der Waals surface area contributed by atoms with Crippen LogP contribution in [0.4, 0.5) is 0 Å². The lowest BCUT2D eigenvalue weighted by molar-refractivity contribution is 0.619. The van der Waals surface area contributed by atoms with Gasteiger partial charge in [0.05, 0.1) is 0 Å². The highest BCUT2D eigenvalue weighted by Gasteiger charge is 2.07. The lowest BCUT2D eigenvalue weighted by Crippen LogP contribution is -1.80. The molecule has 0 spiro atoms. The largest absolute Gasteiger partial charge is 0.434 e. The van der Waals surface area contributed by atoms with E-state index in [9.17, 15) is 0 Å². The van der Waals surface area contributed by atoms with E-state index >= 15 is 0 Å². The van der Waals surface area contributed by atoms with E-state index in [1.807, 2.05) is 36.4 Å². The van der Waals surface area contributed by atoms with Gasteiger partial charge >= 0.3 is 0 Å². The van der Waals surface area contributed by atoms with E-state index in [0.29, 0.717) is 23.0 Å². The molecule has 2 heterocycles. The Labute approximate surface area is 103 Å². The molecule has 0 saturated heterocycles. The molecule has 3 nitrogen and oxygen atoms in total. The summed E-state index contributed by atoms with van der Waals surface area (Å²) in [6, 6.07) is 11.5. The number of fused-ring (bicyclic) bond motifs is 1. The van der Waals surface area contributed by atoms with Gasteiger partial charge in [-0.25, -0.2) is 4.98 Å². The Hall–Kier alpha value is -1.87. The number of rotatable bonds is 2. The zero-order chi connectivity index (χ0) is 11.7. The van der Waals surface area contributed by atoms with Gasteiger partial charge in [-0.05, 0) is 29.8 Å². The Morgan fingerprint density at radius 2 is 1.94 bits per heavy atom. The van der Waals surface area contributed by atoms with Gasteiger partial charge in [0.25, 0.3) is 0 Å². The van der Waals surface area contributed by atoms with Crippen LogP contribution in [-0.2, 0) is 5.88 Å². The highest BCUT2D eigenvalue weighted by atomic mass is 35.5. The van der Waals surface area contributed by atoms with Crippen LogP contribution < -0.4 is 0 Å². The predicted molar refractivity (Wildman–Crippen MR) is 66.8 cm³/mol. The first kappa shape index (κ1) is 10.3. The molecule has 84 valence electrons. The normalized spacial score (nSPS) is 10.9. The number of nitrogens with zero attached hydrogens (tertiary/aromatic N) is 2. The van der Waals surface area contributed by atoms with Gasteiger partial charge in [-0.2, -0.15) is 4.98 Å². The maximum Gasteiger partial charge on any atom is 0.228 e. The fraction of sp³-hybridized carbons (Fsp3) is 0.0769. The summed E-state index contributed by atoms with van der Waals surface area (Å²) in [4.78, 5) is 8.46. The topological polar surface area (TPSA) is 38.9 Å². The molecule has 0 N–H and O–H groups in total. The molecule has 4 heteroatoms. The second-order valence-corrected chi connectivity index (χ2v) is 3.94. The van der Waals surface area contributed by atoms with Crippen LogP contribution in [0.1, 0.15) is 5.56 Å². The van der Waals surface area contributed by atoms with Crippen LogP contribution in [0, 0.1) is 0 Å². The number of benzene rings is 1. The van der Waals surface area contributed by atoms with Gasteiger partial charge < -0.3 is 4.42 Å². The van der Waals surface area contributed by atoms with Crippen molar-refractivity contribution in [3.63, 3.8) is 0 Å². The van der Waals surface area contributed by atoms with Crippen molar-refractivity contribution in [2.45, 2.75) is 5.88 Å². The van der Waals surface area contributed by atoms with Crippen LogP contribution in [0.25, 0.3) is 22.7 Å². The first-order chi connectivity index (χ1) is 8.36. The number of aromatic nitrogens is 2. The molecule has 17 heavy (non-hydrogen) atoms. The van der Waals surface area contributed by atoms with Gasteiger partial charge in [-0.1, -0.05) is 12.1 Å². The average Bonchev–Trinajstić information content (AvgIpc) is 2.82. The second kappa shape index (κ2) is 4.18. The molecule has 0 aliphatic heterocycles. The number of halogens is 1. The van der Waals surface area contributed by atoms with Gasteiger partial charge in [0.15, 0.2) is 11.2 Å². The molecule has 0 fully saturated rings. The molecular formula is C13H9ClN2O. The van der Waals surface area contributed by atoms with Gasteiger partial charge in [-0.3, -0.25) is 0 Å². The first-order valence-electron chi connectivity index (χ1n) is 5.23. The van der Waals surface area contributed by atoms with Crippen molar-refractivity contribution >= 4 is 22.8 Å². The first-order valence-corrected chi connectivity index (χ1v) is 5.77. The number of alkyl halides is 1. The third-order valence-electron chi connectivity index (χ3n) is 2.52. The molecule has 0 saturated carbocycles. The monoisotopic (exact) mass is 244 g/mol. The van der Waals surface area contributed by atoms with E-state index < -0.39 is 0 Å². The van der Waals surface area contributed by atoms with Gasteiger partial charge in [-0.15, -0.1) is 11.6 Å². The number of hydrogen-bond acceptors (Lipinski definition) is 3. The standard InChI is InChI=1S/C13H9ClN2O/c14-8-9-3-5-10(6-4-9)13-16-12-11(17-13)2-1-7-15-12/h1-7H,8H2. The molecule has 0 atom stereocenters. The molecule has 0 bridgehead atoms. The molecule has 0 aliphatic carbocycles. The van der Waals surface area contributed by atoms with Crippen LogP contribution in [0.3, 0.4) is 0 Å². The highest BCUT2D eigenvalue weighted by molar-refractivity contribution is 6.17. The maximum atomic E-state index is 5.74. The zero-order valence-corrected chi connectivity index (χ0v) is 9.69. The van der Waals surface area contributed by atoms with Crippen LogP contribution >= 0.6 is 11.6 Å². The average molecular weight is 245 g/mol. The van der Waals surface area contributed by atoms with E-state index in [-0.39, 0.29) is 0 Å². The Kier molecular flexibility index (Phi) is 2.53. The molecular weight excluding hydrogens is 236 g/mol. The SMILES string of the molecule is ClCc1ccc(-c2nc3ncccc3o2)cc1. The summed E-state index contributed by atoms with van der Waals surface area (Å²) in [5.74, 6) is 1.09. The smallest absolute Gasteiger partial charge is 0.228 e. The van der Waals surface area contributed by atoms with Crippen LogP contribution in [0.15, 0.2) is 47.0 Å². The van der Waals surface area contributed by atoms with Crippen molar-refractivity contribution < 1.29 is 4.42 Å². The van der Waals surface area contributed by atoms with E-state index in [4.69, 9.17) is 16.0 Å². The molecule has 1 aromatic carbocycles. The van der Waals surface area contributed by atoms with Crippen LogP contribution in [0.5, 0.6) is 0 Å². The second-order valence-electron chi connectivity index (χ2n) is 3.67. The summed E-state index contributed by atoms with van der Waals surface area (Å²) in [6.07, 6.45) is 1.70. The molecule has 2 aromatic heterocycles. The van der Waals surface area contributed by atoms with Gasteiger partial charge in [0, 0.05) is 17.6 Å². The quantitative estimate of drug-likeness (QED) is 0.646. The number of oxazole rings is 1. The summed E-state index contributed by atoms with van der Waals surface area (Å²) in [7, 11) is 0. The molecule has 3 rings (SSSR count). The summed E-state index contributed by atoms with van der Waals surface area (Å²) in [5, 5.41) is 0. The zero-order valence-electron chi connectivity index (χ0n) is 8.93. The summed E-state index contributed by atoms with van der Waals surface area (Å²) in [5.41, 5.74) is 3.33. The minimum absolute atomic E-state index is 0.509. The van der Waals surface area contributed by atoms with Crippen LogP contribution in [-0.4, -0.2) is 9.97 Å². The van der Waals surface area contributed by atoms with Gasteiger partial charge in [0.1, 0.15) is 0 Å². The minimum atomic E-state index is 0.509. The van der Waals surface area contributed by atoms with Crippen LogP contribution in [0.2, 0.25) is 0 Å². The summed E-state index contributed by atoms with van der Waals surface area (Å²) in [6.45, 7) is 0. The third kappa shape index (κ3) is 1.89. The van der Waals surface area contributed by atoms with Crippen molar-refractivity contribution in [1.82, 2.24) is 9.97 Å². The molecule has 3 aromatic rings. The molecule has 0 radical (unpaired) electrons. The highest BCUT2D eigenvalue weighted by Crippen LogP contribution is 2.23. The van der Waals surface area contributed by atoms with Gasteiger partial charge in [0.2, 0.25) is 5.89 Å². The minimum Gasteiger partial charge on any atom is -0.434 e. The summed E-state index contributed by atoms with van der Waals surface area (Å²) < 4.78 is 5.62.